The molecule has 10 heteroatoms. The number of nitrogens with zero attached hydrogens (tertiary/aromatic N) is 3. The van der Waals surface area contributed by atoms with Gasteiger partial charge in [0.1, 0.15) is 0 Å². The van der Waals surface area contributed by atoms with Crippen LogP contribution >= 0.6 is 23.2 Å². The molecule has 42 heavy (non-hydrogen) atoms. The number of methoxy groups -OCH3 is 2. The predicted octanol–water partition coefficient (Wildman–Crippen LogP) is 7.50. The Bertz CT molecular complexity index is 1670. The number of hydrogen-bond acceptors (Lipinski definition) is 7. The number of nitrogens with one attached hydrogen (secondary N) is 1. The van der Waals surface area contributed by atoms with E-state index in [1.165, 1.54) is 13.0 Å². The van der Waals surface area contributed by atoms with E-state index in [0.29, 0.717) is 33.5 Å². The Morgan fingerprint density at radius 3 is 2.12 bits per heavy atom. The zero-order valence-corrected chi connectivity index (χ0v) is 24.9. The van der Waals surface area contributed by atoms with Crippen LogP contribution in [0.2, 0.25) is 10.0 Å². The molecule has 1 atom stereocenters. The Balaban J connectivity index is 1.54. The van der Waals surface area contributed by atoms with E-state index in [9.17, 15) is 9.59 Å². The predicted molar refractivity (Wildman–Crippen MR) is 167 cm³/mol. The summed E-state index contributed by atoms with van der Waals surface area (Å²) < 4.78 is 11.0. The van der Waals surface area contributed by atoms with Gasteiger partial charge in [0.25, 0.3) is 5.91 Å². The van der Waals surface area contributed by atoms with Crippen molar-refractivity contribution in [2.75, 3.05) is 29.4 Å². The van der Waals surface area contributed by atoms with Crippen LogP contribution in [-0.2, 0) is 4.79 Å². The second kappa shape index (κ2) is 12.1. The Kier molecular flexibility index (Phi) is 8.38. The van der Waals surface area contributed by atoms with Crippen LogP contribution in [0, 0.1) is 6.92 Å². The van der Waals surface area contributed by atoms with Crippen molar-refractivity contribution in [1.82, 2.24) is 0 Å². The summed E-state index contributed by atoms with van der Waals surface area (Å²) in [6.07, 6.45) is -0.528. The Hall–Kier alpha value is -4.53. The topological polar surface area (TPSA) is 83.5 Å². The van der Waals surface area contributed by atoms with Gasteiger partial charge < -0.3 is 14.8 Å². The van der Waals surface area contributed by atoms with Crippen molar-refractivity contribution in [1.29, 1.82) is 0 Å². The van der Waals surface area contributed by atoms with Gasteiger partial charge in [-0.1, -0.05) is 47.0 Å². The third kappa shape index (κ3) is 5.77. The number of amides is 1. The molecule has 0 bridgehead atoms. The summed E-state index contributed by atoms with van der Waals surface area (Å²) in [4.78, 5) is 27.7. The first-order valence-electron chi connectivity index (χ1n) is 13.0. The standard InChI is InChI=1S/C32H28Cl2N4O4/c1-19-5-11-25(12-6-19)38-32(21-7-16-28(41-3)29(17-21)42-4)37(30(36-38)20(2)39)24-13-9-23(10-14-24)35-31(40)26-15-8-22(33)18-27(26)34/h5-18,32H,1-4H3,(H,35,40). The van der Waals surface area contributed by atoms with Crippen LogP contribution in [0.5, 0.6) is 11.5 Å². The lowest BCUT2D eigenvalue weighted by Gasteiger charge is -2.32. The molecule has 8 nitrogen and oxygen atoms in total. The molecule has 0 aliphatic carbocycles. The highest BCUT2D eigenvalue weighted by Gasteiger charge is 2.39. The average molecular weight is 604 g/mol. The van der Waals surface area contributed by atoms with E-state index in [4.69, 9.17) is 37.8 Å². The van der Waals surface area contributed by atoms with E-state index in [1.807, 2.05) is 71.4 Å². The molecule has 1 N–H and O–H groups in total. The quantitative estimate of drug-likeness (QED) is 0.225. The fourth-order valence-corrected chi connectivity index (χ4v) is 5.21. The number of Topliss-reactive ketones (excluding diaryl/α,β-unsaturated/α-hetero) is 1. The molecule has 1 amide bonds. The molecular formula is C32H28Cl2N4O4. The highest BCUT2D eigenvalue weighted by atomic mass is 35.5. The highest BCUT2D eigenvalue weighted by molar-refractivity contribution is 6.44. The zero-order valence-electron chi connectivity index (χ0n) is 23.4. The Morgan fingerprint density at radius 2 is 1.50 bits per heavy atom. The second-order valence-electron chi connectivity index (χ2n) is 9.64. The Morgan fingerprint density at radius 1 is 0.833 bits per heavy atom. The van der Waals surface area contributed by atoms with Crippen LogP contribution in [0.3, 0.4) is 0 Å². The minimum absolute atomic E-state index is 0.204. The van der Waals surface area contributed by atoms with Crippen LogP contribution in [0.15, 0.2) is 90.0 Å². The molecule has 0 saturated heterocycles. The van der Waals surface area contributed by atoms with Gasteiger partial charge in [0, 0.05) is 28.9 Å². The number of hydrogen-bond donors (Lipinski definition) is 1. The normalized spacial score (nSPS) is 14.4. The van der Waals surface area contributed by atoms with Gasteiger partial charge in [-0.2, -0.15) is 0 Å². The number of benzene rings is 4. The summed E-state index contributed by atoms with van der Waals surface area (Å²) in [5.74, 6) is 0.825. The van der Waals surface area contributed by atoms with E-state index in [2.05, 4.69) is 5.32 Å². The summed E-state index contributed by atoms with van der Waals surface area (Å²) in [6.45, 7) is 3.50. The van der Waals surface area contributed by atoms with Crippen LogP contribution in [0.1, 0.15) is 34.6 Å². The summed E-state index contributed by atoms with van der Waals surface area (Å²) in [7, 11) is 3.16. The smallest absolute Gasteiger partial charge is 0.257 e. The summed E-state index contributed by atoms with van der Waals surface area (Å²) in [5, 5.41) is 10.2. The number of ether oxygens (including phenoxy) is 2. The van der Waals surface area contributed by atoms with Gasteiger partial charge in [0.2, 0.25) is 0 Å². The highest BCUT2D eigenvalue weighted by Crippen LogP contribution is 2.42. The molecule has 0 aromatic heterocycles. The van der Waals surface area contributed by atoms with Crippen molar-refractivity contribution in [3.05, 3.63) is 112 Å². The molecular weight excluding hydrogens is 575 g/mol. The molecule has 214 valence electrons. The molecule has 0 fully saturated rings. The van der Waals surface area contributed by atoms with E-state index in [-0.39, 0.29) is 22.5 Å². The van der Waals surface area contributed by atoms with Crippen LogP contribution in [-0.4, -0.2) is 31.7 Å². The second-order valence-corrected chi connectivity index (χ2v) is 10.5. The maximum atomic E-state index is 13.0. The number of carbonyl (C=O) groups excluding carboxylic acids is 2. The third-order valence-corrected chi connectivity index (χ3v) is 7.35. The maximum absolute atomic E-state index is 13.0. The van der Waals surface area contributed by atoms with E-state index in [1.54, 1.807) is 38.5 Å². The van der Waals surface area contributed by atoms with Crippen molar-refractivity contribution >= 4 is 57.8 Å². The number of halogens is 2. The first-order chi connectivity index (χ1) is 20.2. The summed E-state index contributed by atoms with van der Waals surface area (Å²) in [5.41, 5.74) is 4.28. The number of anilines is 3. The molecule has 0 spiro atoms. The minimum atomic E-state index is -0.528. The molecule has 1 aliphatic heterocycles. The van der Waals surface area contributed by atoms with Crippen molar-refractivity contribution in [3.63, 3.8) is 0 Å². The minimum Gasteiger partial charge on any atom is -0.493 e. The number of rotatable bonds is 8. The lowest BCUT2D eigenvalue weighted by molar-refractivity contribution is -0.111. The lowest BCUT2D eigenvalue weighted by Crippen LogP contribution is -2.37. The lowest BCUT2D eigenvalue weighted by atomic mass is 10.1. The largest absolute Gasteiger partial charge is 0.493 e. The number of ketones is 1. The number of carbonyl (C=O) groups is 2. The van der Waals surface area contributed by atoms with Gasteiger partial charge >= 0.3 is 0 Å². The van der Waals surface area contributed by atoms with Crippen molar-refractivity contribution < 1.29 is 19.1 Å². The van der Waals surface area contributed by atoms with Gasteiger partial charge in [0.05, 0.1) is 30.5 Å². The van der Waals surface area contributed by atoms with Gasteiger partial charge in [-0.25, -0.2) is 5.01 Å². The molecule has 5 rings (SSSR count). The van der Waals surface area contributed by atoms with Crippen molar-refractivity contribution in [3.8, 4) is 11.5 Å². The fraction of sp³-hybridized carbons (Fsp3) is 0.156. The third-order valence-electron chi connectivity index (χ3n) is 6.81. The van der Waals surface area contributed by atoms with Gasteiger partial charge in [-0.3, -0.25) is 14.5 Å². The van der Waals surface area contributed by atoms with Gasteiger partial charge in [0.15, 0.2) is 29.3 Å². The van der Waals surface area contributed by atoms with Crippen LogP contribution < -0.4 is 24.7 Å². The number of aryl methyl sites for hydroxylation is 1. The van der Waals surface area contributed by atoms with Crippen LogP contribution in [0.4, 0.5) is 17.1 Å². The molecule has 1 aliphatic rings. The van der Waals surface area contributed by atoms with E-state index < -0.39 is 6.17 Å². The van der Waals surface area contributed by atoms with Crippen molar-refractivity contribution in [2.24, 2.45) is 5.10 Å². The summed E-state index contributed by atoms with van der Waals surface area (Å²) in [6, 6.07) is 25.4. The molecule has 0 saturated carbocycles. The Labute approximate surface area is 254 Å². The molecule has 1 unspecified atom stereocenters. The van der Waals surface area contributed by atoms with Gasteiger partial charge in [-0.05, 0) is 73.7 Å². The number of amidine groups is 1. The molecule has 0 radical (unpaired) electrons. The first-order valence-corrected chi connectivity index (χ1v) is 13.8. The molecule has 4 aromatic rings. The fourth-order valence-electron chi connectivity index (χ4n) is 4.71. The molecule has 1 heterocycles. The monoisotopic (exact) mass is 602 g/mol. The van der Waals surface area contributed by atoms with Crippen molar-refractivity contribution in [2.45, 2.75) is 20.0 Å². The number of hydrazone groups is 1. The molecule has 4 aromatic carbocycles. The first kappa shape index (κ1) is 29.0. The van der Waals surface area contributed by atoms with E-state index >= 15 is 0 Å². The maximum Gasteiger partial charge on any atom is 0.257 e. The summed E-state index contributed by atoms with van der Waals surface area (Å²) >= 11 is 12.2. The SMILES string of the molecule is COc1ccc(C2N(c3ccc(C)cc3)N=C(C(C)=O)N2c2ccc(NC(=O)c3ccc(Cl)cc3Cl)cc2)cc1OC. The zero-order chi connectivity index (χ0) is 30.0. The van der Waals surface area contributed by atoms with Gasteiger partial charge in [-0.15, -0.1) is 5.10 Å². The average Bonchev–Trinajstić information content (AvgIpc) is 3.38. The van der Waals surface area contributed by atoms with E-state index in [0.717, 1.165) is 16.8 Å². The van der Waals surface area contributed by atoms with Crippen LogP contribution in [0.25, 0.3) is 0 Å².